The van der Waals surface area contributed by atoms with Crippen LogP contribution in [0, 0.1) is 27.7 Å². The molecule has 0 aliphatic carbocycles. The largest absolute Gasteiger partial charge is 0.241 e. The number of rotatable bonds is 6. The van der Waals surface area contributed by atoms with E-state index in [9.17, 15) is 8.42 Å². The van der Waals surface area contributed by atoms with Gasteiger partial charge in [0, 0.05) is 6.54 Å². The van der Waals surface area contributed by atoms with Crippen molar-refractivity contribution in [2.24, 2.45) is 0 Å². The Morgan fingerprint density at radius 3 is 1.88 bits per heavy atom. The van der Waals surface area contributed by atoms with Gasteiger partial charge in [-0.3, -0.25) is 0 Å². The fraction of sp³-hybridized carbons (Fsp3) is 0.400. The number of hydrogen-bond acceptors (Lipinski definition) is 2. The quantitative estimate of drug-likeness (QED) is 0.860. The summed E-state index contributed by atoms with van der Waals surface area (Å²) >= 11 is 0. The topological polar surface area (TPSA) is 46.2 Å². The Morgan fingerprint density at radius 1 is 0.875 bits per heavy atom. The summed E-state index contributed by atoms with van der Waals surface area (Å²) in [6.07, 6.45) is 1.70. The summed E-state index contributed by atoms with van der Waals surface area (Å²) in [6.45, 7) is 10.2. The number of benzene rings is 2. The molecule has 0 saturated heterocycles. The smallest absolute Gasteiger partial charge is 0.211 e. The summed E-state index contributed by atoms with van der Waals surface area (Å²) < 4.78 is 28.3. The van der Waals surface area contributed by atoms with E-state index in [1.807, 2.05) is 33.8 Å². The van der Waals surface area contributed by atoms with Crippen LogP contribution >= 0.6 is 0 Å². The van der Waals surface area contributed by atoms with E-state index in [4.69, 9.17) is 0 Å². The lowest BCUT2D eigenvalue weighted by molar-refractivity contribution is 0.580. The van der Waals surface area contributed by atoms with Crippen molar-refractivity contribution in [3.05, 3.63) is 63.7 Å². The van der Waals surface area contributed by atoms with E-state index in [1.54, 1.807) is 0 Å². The number of sulfonamides is 1. The fourth-order valence-electron chi connectivity index (χ4n) is 2.93. The van der Waals surface area contributed by atoms with Gasteiger partial charge in [-0.2, -0.15) is 0 Å². The molecule has 0 aliphatic heterocycles. The summed E-state index contributed by atoms with van der Waals surface area (Å²) in [5.41, 5.74) is 6.11. The van der Waals surface area contributed by atoms with Gasteiger partial charge in [-0.1, -0.05) is 37.3 Å². The van der Waals surface area contributed by atoms with Crippen LogP contribution in [0.5, 0.6) is 0 Å². The lowest BCUT2D eigenvalue weighted by atomic mass is 10.0. The van der Waals surface area contributed by atoms with Crippen LogP contribution in [0.1, 0.15) is 40.3 Å². The molecule has 3 nitrogen and oxygen atoms in total. The molecule has 0 unspecified atom stereocenters. The molecule has 1 N–H and O–H groups in total. The minimum atomic E-state index is -3.50. The van der Waals surface area contributed by atoms with Gasteiger partial charge in [0.15, 0.2) is 0 Å². The maximum atomic E-state index is 12.8. The van der Waals surface area contributed by atoms with E-state index in [-0.39, 0.29) is 0 Å². The van der Waals surface area contributed by atoms with E-state index in [2.05, 4.69) is 35.9 Å². The van der Waals surface area contributed by atoms with Gasteiger partial charge in [0.1, 0.15) is 0 Å². The average Bonchev–Trinajstić information content (AvgIpc) is 2.53. The minimum absolute atomic E-state index is 0.402. The normalized spacial score (nSPS) is 11.7. The van der Waals surface area contributed by atoms with Crippen LogP contribution in [0.25, 0.3) is 0 Å². The highest BCUT2D eigenvalue weighted by Crippen LogP contribution is 2.25. The molecule has 0 bridgehead atoms. The molecule has 0 fully saturated rings. The van der Waals surface area contributed by atoms with Crippen LogP contribution in [-0.4, -0.2) is 15.0 Å². The van der Waals surface area contributed by atoms with E-state index < -0.39 is 10.0 Å². The van der Waals surface area contributed by atoms with Crippen LogP contribution in [0.2, 0.25) is 0 Å². The van der Waals surface area contributed by atoms with E-state index in [0.717, 1.165) is 34.2 Å². The first-order valence-corrected chi connectivity index (χ1v) is 9.89. The van der Waals surface area contributed by atoms with Gasteiger partial charge in [-0.05, 0) is 73.9 Å². The molecule has 0 radical (unpaired) electrons. The highest BCUT2D eigenvalue weighted by Gasteiger charge is 2.21. The van der Waals surface area contributed by atoms with Gasteiger partial charge in [0.2, 0.25) is 10.0 Å². The summed E-state index contributed by atoms with van der Waals surface area (Å²) in [5, 5.41) is 0. The molecule has 130 valence electrons. The average molecular weight is 346 g/mol. The molecule has 2 aromatic carbocycles. The molecule has 0 heterocycles. The van der Waals surface area contributed by atoms with E-state index in [1.165, 1.54) is 5.56 Å². The third-order valence-corrected chi connectivity index (χ3v) is 6.44. The highest BCUT2D eigenvalue weighted by atomic mass is 32.2. The van der Waals surface area contributed by atoms with Gasteiger partial charge in [0.05, 0.1) is 4.90 Å². The SMILES string of the molecule is CCc1ccc(CCNS(=O)(=O)c2c(C)c(C)cc(C)c2C)cc1. The van der Waals surface area contributed by atoms with E-state index >= 15 is 0 Å². The molecule has 2 rings (SSSR count). The van der Waals surface area contributed by atoms with Gasteiger partial charge < -0.3 is 0 Å². The fourth-order valence-corrected chi connectivity index (χ4v) is 4.57. The second-order valence-corrected chi connectivity index (χ2v) is 8.11. The Labute approximate surface area is 146 Å². The second kappa shape index (κ2) is 7.49. The van der Waals surface area contributed by atoms with Gasteiger partial charge >= 0.3 is 0 Å². The molecule has 0 aliphatic rings. The Balaban J connectivity index is 2.14. The summed E-state index contributed by atoms with van der Waals surface area (Å²) in [6, 6.07) is 10.4. The van der Waals surface area contributed by atoms with Crippen molar-refractivity contribution in [2.45, 2.75) is 52.4 Å². The first kappa shape index (κ1) is 18.7. The Bertz CT molecular complexity index is 795. The Morgan fingerprint density at radius 2 is 1.38 bits per heavy atom. The molecule has 24 heavy (non-hydrogen) atoms. The second-order valence-electron chi connectivity index (χ2n) is 6.41. The zero-order valence-corrected chi connectivity index (χ0v) is 16.0. The van der Waals surface area contributed by atoms with Crippen molar-refractivity contribution >= 4 is 10.0 Å². The third kappa shape index (κ3) is 4.05. The minimum Gasteiger partial charge on any atom is -0.211 e. The predicted molar refractivity (Wildman–Crippen MR) is 100 cm³/mol. The first-order chi connectivity index (χ1) is 11.3. The van der Waals surface area contributed by atoms with E-state index in [0.29, 0.717) is 17.9 Å². The monoisotopic (exact) mass is 345 g/mol. The van der Waals surface area contributed by atoms with Gasteiger partial charge in [0.25, 0.3) is 0 Å². The molecule has 0 aromatic heterocycles. The number of aryl methyl sites for hydroxylation is 3. The molecule has 0 amide bonds. The predicted octanol–water partition coefficient (Wildman–Crippen LogP) is 4.00. The van der Waals surface area contributed by atoms with Crippen molar-refractivity contribution in [2.75, 3.05) is 6.54 Å². The van der Waals surface area contributed by atoms with Crippen LogP contribution in [-0.2, 0) is 22.9 Å². The first-order valence-electron chi connectivity index (χ1n) is 8.41. The zero-order valence-electron chi connectivity index (χ0n) is 15.2. The standard InChI is InChI=1S/C20H27NO2S/c1-6-18-7-9-19(10-8-18)11-12-21-24(22,23)20-16(4)14(2)13-15(3)17(20)5/h7-10,13,21H,6,11-12H2,1-5H3. The van der Waals surface area contributed by atoms with Crippen molar-refractivity contribution in [3.8, 4) is 0 Å². The zero-order chi connectivity index (χ0) is 17.9. The third-order valence-electron chi connectivity index (χ3n) is 4.70. The van der Waals surface area contributed by atoms with Gasteiger partial charge in [-0.15, -0.1) is 0 Å². The van der Waals surface area contributed by atoms with Crippen LogP contribution in [0.4, 0.5) is 0 Å². The summed E-state index contributed by atoms with van der Waals surface area (Å²) in [7, 11) is -3.50. The molecule has 0 saturated carbocycles. The number of nitrogens with one attached hydrogen (secondary N) is 1. The molecule has 0 atom stereocenters. The lowest BCUT2D eigenvalue weighted by Gasteiger charge is -2.16. The van der Waals surface area contributed by atoms with Crippen molar-refractivity contribution < 1.29 is 8.42 Å². The summed E-state index contributed by atoms with van der Waals surface area (Å²) in [5.74, 6) is 0. The van der Waals surface area contributed by atoms with Crippen molar-refractivity contribution in [1.82, 2.24) is 4.72 Å². The van der Waals surface area contributed by atoms with Crippen LogP contribution < -0.4 is 4.72 Å². The summed E-state index contributed by atoms with van der Waals surface area (Å²) in [4.78, 5) is 0.432. The highest BCUT2D eigenvalue weighted by molar-refractivity contribution is 7.89. The maximum Gasteiger partial charge on any atom is 0.241 e. The lowest BCUT2D eigenvalue weighted by Crippen LogP contribution is -2.27. The Kier molecular flexibility index (Phi) is 5.83. The molecular weight excluding hydrogens is 318 g/mol. The van der Waals surface area contributed by atoms with Crippen molar-refractivity contribution in [3.63, 3.8) is 0 Å². The molecule has 4 heteroatoms. The van der Waals surface area contributed by atoms with Crippen LogP contribution in [0.3, 0.4) is 0 Å². The molecule has 0 spiro atoms. The number of hydrogen-bond donors (Lipinski definition) is 1. The van der Waals surface area contributed by atoms with Crippen LogP contribution in [0.15, 0.2) is 35.2 Å². The van der Waals surface area contributed by atoms with Crippen molar-refractivity contribution in [1.29, 1.82) is 0 Å². The van der Waals surface area contributed by atoms with Gasteiger partial charge in [-0.25, -0.2) is 13.1 Å². The maximum absolute atomic E-state index is 12.8. The molecular formula is C20H27NO2S. The Hall–Kier alpha value is -1.65. The molecule has 2 aromatic rings.